The van der Waals surface area contributed by atoms with Gasteiger partial charge in [0.2, 0.25) is 0 Å². The second-order valence-corrected chi connectivity index (χ2v) is 6.95. The van der Waals surface area contributed by atoms with Gasteiger partial charge in [-0.25, -0.2) is 0 Å². The summed E-state index contributed by atoms with van der Waals surface area (Å²) < 4.78 is 5.73. The first-order chi connectivity index (χ1) is 13.3. The molecule has 0 aliphatic rings. The van der Waals surface area contributed by atoms with E-state index in [4.69, 9.17) is 4.74 Å². The number of hydrogen-bond donors (Lipinski definition) is 0. The van der Waals surface area contributed by atoms with Gasteiger partial charge in [0.1, 0.15) is 5.75 Å². The SMILES string of the molecule is CCCCOc1ccc(CCc2ccc(-c3ccc(CC)cn3)cc2)cc1. The third kappa shape index (κ3) is 5.68. The minimum atomic E-state index is 0.804. The molecule has 0 bridgehead atoms. The molecule has 0 unspecified atom stereocenters. The Labute approximate surface area is 163 Å². The Morgan fingerprint density at radius 3 is 1.93 bits per heavy atom. The Kier molecular flexibility index (Phi) is 7.04. The van der Waals surface area contributed by atoms with Crippen molar-refractivity contribution in [3.05, 3.63) is 83.6 Å². The van der Waals surface area contributed by atoms with Gasteiger partial charge in [0, 0.05) is 11.8 Å². The van der Waals surface area contributed by atoms with Crippen molar-refractivity contribution in [3.8, 4) is 17.0 Å². The van der Waals surface area contributed by atoms with E-state index in [1.165, 1.54) is 22.3 Å². The summed E-state index contributed by atoms with van der Waals surface area (Å²) in [6.07, 6.45) is 7.35. The van der Waals surface area contributed by atoms with Gasteiger partial charge in [-0.1, -0.05) is 62.7 Å². The van der Waals surface area contributed by atoms with E-state index in [1.54, 1.807) is 0 Å². The average Bonchev–Trinajstić information content (AvgIpc) is 2.74. The molecule has 1 aromatic heterocycles. The van der Waals surface area contributed by atoms with Gasteiger partial charge in [-0.15, -0.1) is 0 Å². The van der Waals surface area contributed by atoms with Crippen molar-refractivity contribution in [3.63, 3.8) is 0 Å². The number of benzene rings is 2. The summed E-state index contributed by atoms with van der Waals surface area (Å²) in [5, 5.41) is 0. The summed E-state index contributed by atoms with van der Waals surface area (Å²) in [6.45, 7) is 5.13. The molecule has 3 aromatic rings. The van der Waals surface area contributed by atoms with Crippen molar-refractivity contribution in [1.82, 2.24) is 4.98 Å². The Morgan fingerprint density at radius 2 is 1.37 bits per heavy atom. The minimum absolute atomic E-state index is 0.804. The number of rotatable bonds is 9. The number of unbranched alkanes of at least 4 members (excludes halogenated alkanes) is 1. The number of ether oxygens (including phenoxy) is 1. The Bertz CT molecular complexity index is 804. The maximum absolute atomic E-state index is 5.73. The molecule has 2 aromatic carbocycles. The summed E-state index contributed by atoms with van der Waals surface area (Å²) >= 11 is 0. The first-order valence-electron chi connectivity index (χ1n) is 10.0. The summed E-state index contributed by atoms with van der Waals surface area (Å²) in [6, 6.07) is 21.6. The quantitative estimate of drug-likeness (QED) is 0.420. The van der Waals surface area contributed by atoms with Crippen molar-refractivity contribution >= 4 is 0 Å². The Morgan fingerprint density at radius 1 is 0.741 bits per heavy atom. The highest BCUT2D eigenvalue weighted by atomic mass is 16.5. The molecule has 2 nitrogen and oxygen atoms in total. The van der Waals surface area contributed by atoms with Crippen LogP contribution in [0.3, 0.4) is 0 Å². The molecule has 0 spiro atoms. The predicted octanol–water partition coefficient (Wildman–Crippen LogP) is 6.28. The van der Waals surface area contributed by atoms with Gasteiger partial charge in [-0.3, -0.25) is 4.98 Å². The molecular weight excluding hydrogens is 330 g/mol. The lowest BCUT2D eigenvalue weighted by Crippen LogP contribution is -1.97. The minimum Gasteiger partial charge on any atom is -0.494 e. The highest BCUT2D eigenvalue weighted by Gasteiger charge is 2.02. The molecule has 0 N–H and O–H groups in total. The lowest BCUT2D eigenvalue weighted by atomic mass is 10.0. The van der Waals surface area contributed by atoms with Crippen LogP contribution in [0.15, 0.2) is 66.9 Å². The molecule has 0 fully saturated rings. The summed E-state index contributed by atoms with van der Waals surface area (Å²) in [4.78, 5) is 4.57. The third-order valence-corrected chi connectivity index (χ3v) is 4.88. The highest BCUT2D eigenvalue weighted by Crippen LogP contribution is 2.19. The van der Waals surface area contributed by atoms with Crippen LogP contribution in [0.2, 0.25) is 0 Å². The number of aryl methyl sites for hydroxylation is 3. The zero-order chi connectivity index (χ0) is 18.9. The van der Waals surface area contributed by atoms with Crippen molar-refractivity contribution in [2.24, 2.45) is 0 Å². The van der Waals surface area contributed by atoms with Crippen LogP contribution in [0, 0.1) is 0 Å². The molecule has 0 aliphatic carbocycles. The van der Waals surface area contributed by atoms with Crippen molar-refractivity contribution in [2.75, 3.05) is 6.61 Å². The average molecular weight is 360 g/mol. The second kappa shape index (κ2) is 9.91. The summed E-state index contributed by atoms with van der Waals surface area (Å²) in [5.41, 5.74) is 6.19. The molecule has 2 heteroatoms. The van der Waals surface area contributed by atoms with Crippen molar-refractivity contribution in [1.29, 1.82) is 0 Å². The van der Waals surface area contributed by atoms with Gasteiger partial charge in [0.15, 0.2) is 0 Å². The van der Waals surface area contributed by atoms with Crippen LogP contribution >= 0.6 is 0 Å². The number of pyridine rings is 1. The van der Waals surface area contributed by atoms with E-state index in [0.29, 0.717) is 0 Å². The van der Waals surface area contributed by atoms with E-state index >= 15 is 0 Å². The van der Waals surface area contributed by atoms with Gasteiger partial charge in [-0.2, -0.15) is 0 Å². The van der Waals surface area contributed by atoms with Crippen LogP contribution in [0.5, 0.6) is 5.75 Å². The lowest BCUT2D eigenvalue weighted by molar-refractivity contribution is 0.309. The van der Waals surface area contributed by atoms with Gasteiger partial charge < -0.3 is 4.74 Å². The molecule has 3 rings (SSSR count). The molecule has 0 aliphatic heterocycles. The monoisotopic (exact) mass is 359 g/mol. The smallest absolute Gasteiger partial charge is 0.119 e. The first kappa shape index (κ1) is 19.2. The second-order valence-electron chi connectivity index (χ2n) is 6.95. The molecule has 1 heterocycles. The van der Waals surface area contributed by atoms with Gasteiger partial charge >= 0.3 is 0 Å². The molecule has 140 valence electrons. The van der Waals surface area contributed by atoms with Gasteiger partial charge in [0.05, 0.1) is 12.3 Å². The number of hydrogen-bond acceptors (Lipinski definition) is 2. The highest BCUT2D eigenvalue weighted by molar-refractivity contribution is 5.59. The molecule has 0 amide bonds. The largest absolute Gasteiger partial charge is 0.494 e. The van der Waals surface area contributed by atoms with Crippen LogP contribution in [0.25, 0.3) is 11.3 Å². The molecule has 0 saturated heterocycles. The third-order valence-electron chi connectivity index (χ3n) is 4.88. The Balaban J connectivity index is 1.53. The fourth-order valence-electron chi connectivity index (χ4n) is 3.02. The van der Waals surface area contributed by atoms with E-state index in [9.17, 15) is 0 Å². The fourth-order valence-corrected chi connectivity index (χ4v) is 3.02. The first-order valence-corrected chi connectivity index (χ1v) is 10.0. The normalized spacial score (nSPS) is 10.7. The van der Waals surface area contributed by atoms with Crippen LogP contribution in [-0.4, -0.2) is 11.6 Å². The fraction of sp³-hybridized carbons (Fsp3) is 0.320. The van der Waals surface area contributed by atoms with E-state index in [2.05, 4.69) is 79.5 Å². The molecule has 0 atom stereocenters. The maximum atomic E-state index is 5.73. The van der Waals surface area contributed by atoms with Crippen LogP contribution in [0.1, 0.15) is 43.4 Å². The molecule has 0 radical (unpaired) electrons. The number of aromatic nitrogens is 1. The van der Waals surface area contributed by atoms with Gasteiger partial charge in [-0.05, 0) is 60.6 Å². The summed E-state index contributed by atoms with van der Waals surface area (Å²) in [7, 11) is 0. The zero-order valence-electron chi connectivity index (χ0n) is 16.4. The molecule has 27 heavy (non-hydrogen) atoms. The van der Waals surface area contributed by atoms with Crippen LogP contribution in [0.4, 0.5) is 0 Å². The zero-order valence-corrected chi connectivity index (χ0v) is 16.4. The van der Waals surface area contributed by atoms with Gasteiger partial charge in [0.25, 0.3) is 0 Å². The van der Waals surface area contributed by atoms with Crippen molar-refractivity contribution in [2.45, 2.75) is 46.0 Å². The molecule has 0 saturated carbocycles. The maximum Gasteiger partial charge on any atom is 0.119 e. The number of nitrogens with zero attached hydrogens (tertiary/aromatic N) is 1. The topological polar surface area (TPSA) is 22.1 Å². The van der Waals surface area contributed by atoms with E-state index in [-0.39, 0.29) is 0 Å². The van der Waals surface area contributed by atoms with E-state index in [1.807, 2.05) is 6.20 Å². The summed E-state index contributed by atoms with van der Waals surface area (Å²) in [5.74, 6) is 0.971. The van der Waals surface area contributed by atoms with Crippen LogP contribution < -0.4 is 4.74 Å². The predicted molar refractivity (Wildman–Crippen MR) is 113 cm³/mol. The standard InChI is InChI=1S/C25H29NO/c1-3-5-18-27-24-15-10-22(11-16-24)7-6-21-8-13-23(14-9-21)25-17-12-20(4-2)19-26-25/h8-17,19H,3-7,18H2,1-2H3. The molecular formula is C25H29NO. The van der Waals surface area contributed by atoms with E-state index < -0.39 is 0 Å². The van der Waals surface area contributed by atoms with Crippen LogP contribution in [-0.2, 0) is 19.3 Å². The van der Waals surface area contributed by atoms with Crippen molar-refractivity contribution < 1.29 is 4.74 Å². The lowest BCUT2D eigenvalue weighted by Gasteiger charge is -2.07. The van der Waals surface area contributed by atoms with E-state index in [0.717, 1.165) is 50.2 Å². The Hall–Kier alpha value is -2.61.